The van der Waals surface area contributed by atoms with E-state index in [-0.39, 0.29) is 11.9 Å². The summed E-state index contributed by atoms with van der Waals surface area (Å²) in [6.07, 6.45) is 0.313. The third-order valence-corrected chi connectivity index (χ3v) is 6.23. The molecule has 0 saturated carbocycles. The third-order valence-electron chi connectivity index (χ3n) is 4.61. The molecule has 0 saturated heterocycles. The van der Waals surface area contributed by atoms with E-state index >= 15 is 0 Å². The molecular formula is C22H26N2OS2. The highest BCUT2D eigenvalue weighted by atomic mass is 32.1. The van der Waals surface area contributed by atoms with E-state index in [2.05, 4.69) is 73.7 Å². The van der Waals surface area contributed by atoms with Gasteiger partial charge in [0.05, 0.1) is 18.2 Å². The number of thiophene rings is 1. The lowest BCUT2D eigenvalue weighted by atomic mass is 9.93. The van der Waals surface area contributed by atoms with Crippen LogP contribution >= 0.6 is 22.7 Å². The molecule has 5 heteroatoms. The summed E-state index contributed by atoms with van der Waals surface area (Å²) in [4.78, 5) is 17.2. The molecule has 2 aromatic heterocycles. The van der Waals surface area contributed by atoms with Crippen LogP contribution in [0.4, 0.5) is 0 Å². The normalized spacial score (nSPS) is 12.5. The van der Waals surface area contributed by atoms with Gasteiger partial charge in [0, 0.05) is 16.3 Å². The lowest BCUT2D eigenvalue weighted by Gasteiger charge is -2.23. The van der Waals surface area contributed by atoms with Gasteiger partial charge in [-0.1, -0.05) is 52.0 Å². The topological polar surface area (TPSA) is 42.0 Å². The number of nitrogens with zero attached hydrogens (tertiary/aromatic N) is 1. The van der Waals surface area contributed by atoms with Gasteiger partial charge in [0.15, 0.2) is 0 Å². The van der Waals surface area contributed by atoms with Crippen molar-refractivity contribution in [1.29, 1.82) is 0 Å². The number of rotatable bonds is 7. The largest absolute Gasteiger partial charge is 0.349 e. The Morgan fingerprint density at radius 3 is 2.33 bits per heavy atom. The Labute approximate surface area is 169 Å². The van der Waals surface area contributed by atoms with Crippen molar-refractivity contribution in [2.75, 3.05) is 0 Å². The summed E-state index contributed by atoms with van der Waals surface area (Å²) in [7, 11) is 0. The molecule has 1 aromatic carbocycles. The van der Waals surface area contributed by atoms with E-state index in [0.29, 0.717) is 18.3 Å². The SMILES string of the molecule is CC(C)c1ccc(C(NC(=O)Cc2csc(-c3ccsc3)n2)C(C)C)cc1. The molecule has 3 aromatic rings. The fraction of sp³-hybridized carbons (Fsp3) is 0.364. The Hall–Kier alpha value is -1.98. The molecule has 1 atom stereocenters. The highest BCUT2D eigenvalue weighted by Crippen LogP contribution is 2.27. The number of thiazole rings is 1. The molecule has 27 heavy (non-hydrogen) atoms. The van der Waals surface area contributed by atoms with E-state index in [1.165, 1.54) is 5.56 Å². The second-order valence-corrected chi connectivity index (χ2v) is 9.08. The fourth-order valence-electron chi connectivity index (χ4n) is 3.02. The first kappa shape index (κ1) is 19.8. The lowest BCUT2D eigenvalue weighted by Crippen LogP contribution is -2.32. The van der Waals surface area contributed by atoms with Gasteiger partial charge in [-0.15, -0.1) is 11.3 Å². The van der Waals surface area contributed by atoms with Gasteiger partial charge in [0.2, 0.25) is 5.91 Å². The smallest absolute Gasteiger partial charge is 0.226 e. The van der Waals surface area contributed by atoms with Gasteiger partial charge >= 0.3 is 0 Å². The molecule has 1 N–H and O–H groups in total. The van der Waals surface area contributed by atoms with Crippen LogP contribution in [0.1, 0.15) is 56.5 Å². The first-order valence-corrected chi connectivity index (χ1v) is 11.1. The van der Waals surface area contributed by atoms with Gasteiger partial charge in [0.25, 0.3) is 0 Å². The zero-order chi connectivity index (χ0) is 19.4. The van der Waals surface area contributed by atoms with Crippen LogP contribution in [0.2, 0.25) is 0 Å². The van der Waals surface area contributed by atoms with E-state index in [1.807, 2.05) is 10.8 Å². The van der Waals surface area contributed by atoms with Gasteiger partial charge in [-0.2, -0.15) is 11.3 Å². The minimum atomic E-state index is 0.00805. The first-order chi connectivity index (χ1) is 12.9. The number of carbonyl (C=O) groups excluding carboxylic acids is 1. The molecule has 0 aliphatic rings. The molecule has 0 fully saturated rings. The van der Waals surface area contributed by atoms with Gasteiger partial charge in [0.1, 0.15) is 5.01 Å². The Balaban J connectivity index is 1.67. The Morgan fingerprint density at radius 2 is 1.74 bits per heavy atom. The standard InChI is InChI=1S/C22H26N2OS2/c1-14(2)16-5-7-17(8-6-16)21(15(3)4)24-20(25)11-19-13-27-22(23-19)18-9-10-26-12-18/h5-10,12-15,21H,11H2,1-4H3,(H,24,25). The second-order valence-electron chi connectivity index (χ2n) is 7.44. The molecule has 142 valence electrons. The summed E-state index contributed by atoms with van der Waals surface area (Å²) in [6.45, 7) is 8.65. The van der Waals surface area contributed by atoms with Gasteiger partial charge in [-0.05, 0) is 34.4 Å². The third kappa shape index (κ3) is 5.05. The molecule has 0 radical (unpaired) electrons. The summed E-state index contributed by atoms with van der Waals surface area (Å²) in [5.41, 5.74) is 4.43. The molecule has 0 spiro atoms. The highest BCUT2D eigenvalue weighted by molar-refractivity contribution is 7.14. The molecule has 1 amide bonds. The van der Waals surface area contributed by atoms with Crippen LogP contribution in [-0.2, 0) is 11.2 Å². The predicted octanol–water partition coefficient (Wildman–Crippen LogP) is 6.05. The monoisotopic (exact) mass is 398 g/mol. The van der Waals surface area contributed by atoms with Crippen LogP contribution in [0.25, 0.3) is 10.6 Å². The van der Waals surface area contributed by atoms with Crippen molar-refractivity contribution in [2.24, 2.45) is 5.92 Å². The molecular weight excluding hydrogens is 372 g/mol. The summed E-state index contributed by atoms with van der Waals surface area (Å²) >= 11 is 3.25. The Kier molecular flexibility index (Phi) is 6.45. The number of carbonyl (C=O) groups is 1. The average molecular weight is 399 g/mol. The molecule has 0 bridgehead atoms. The van der Waals surface area contributed by atoms with Crippen LogP contribution in [-0.4, -0.2) is 10.9 Å². The van der Waals surface area contributed by atoms with Crippen molar-refractivity contribution < 1.29 is 4.79 Å². The average Bonchev–Trinajstić information content (AvgIpc) is 3.31. The fourth-order valence-corrected chi connectivity index (χ4v) is 4.55. The van der Waals surface area contributed by atoms with E-state index in [0.717, 1.165) is 21.8 Å². The van der Waals surface area contributed by atoms with Gasteiger partial charge in [-0.25, -0.2) is 4.98 Å². The maximum absolute atomic E-state index is 12.6. The Bertz CT molecular complexity index is 864. The van der Waals surface area contributed by atoms with Gasteiger partial charge < -0.3 is 5.32 Å². The molecule has 0 aliphatic heterocycles. The molecule has 3 rings (SSSR count). The van der Waals surface area contributed by atoms with Crippen LogP contribution < -0.4 is 5.32 Å². The van der Waals surface area contributed by atoms with Crippen LogP contribution in [0, 0.1) is 5.92 Å². The number of hydrogen-bond donors (Lipinski definition) is 1. The number of hydrogen-bond acceptors (Lipinski definition) is 4. The summed E-state index contributed by atoms with van der Waals surface area (Å²) in [5, 5.41) is 10.3. The van der Waals surface area contributed by atoms with Crippen molar-refractivity contribution >= 4 is 28.6 Å². The van der Waals surface area contributed by atoms with Crippen molar-refractivity contribution in [3.63, 3.8) is 0 Å². The first-order valence-electron chi connectivity index (χ1n) is 9.30. The van der Waals surface area contributed by atoms with Crippen molar-refractivity contribution in [1.82, 2.24) is 10.3 Å². The minimum absolute atomic E-state index is 0.00805. The quantitative estimate of drug-likeness (QED) is 0.526. The molecule has 2 heterocycles. The Morgan fingerprint density at radius 1 is 1.04 bits per heavy atom. The number of aromatic nitrogens is 1. The molecule has 1 unspecified atom stereocenters. The second kappa shape index (κ2) is 8.81. The van der Waals surface area contributed by atoms with Crippen LogP contribution in [0.5, 0.6) is 0 Å². The van der Waals surface area contributed by atoms with E-state index < -0.39 is 0 Å². The van der Waals surface area contributed by atoms with Crippen molar-refractivity contribution in [3.8, 4) is 10.6 Å². The number of nitrogens with one attached hydrogen (secondary N) is 1. The molecule has 3 nitrogen and oxygen atoms in total. The van der Waals surface area contributed by atoms with E-state index in [1.54, 1.807) is 22.7 Å². The van der Waals surface area contributed by atoms with Crippen LogP contribution in [0.3, 0.4) is 0 Å². The summed E-state index contributed by atoms with van der Waals surface area (Å²) in [5.74, 6) is 0.840. The van der Waals surface area contributed by atoms with Gasteiger partial charge in [-0.3, -0.25) is 4.79 Å². The van der Waals surface area contributed by atoms with E-state index in [9.17, 15) is 4.79 Å². The zero-order valence-electron chi connectivity index (χ0n) is 16.2. The number of amides is 1. The maximum Gasteiger partial charge on any atom is 0.226 e. The van der Waals surface area contributed by atoms with Crippen LogP contribution in [0.15, 0.2) is 46.5 Å². The number of benzene rings is 1. The maximum atomic E-state index is 12.6. The highest BCUT2D eigenvalue weighted by Gasteiger charge is 2.19. The molecule has 0 aliphatic carbocycles. The minimum Gasteiger partial charge on any atom is -0.349 e. The zero-order valence-corrected chi connectivity index (χ0v) is 17.9. The van der Waals surface area contributed by atoms with E-state index in [4.69, 9.17) is 0 Å². The summed E-state index contributed by atoms with van der Waals surface area (Å²) in [6, 6.07) is 10.7. The summed E-state index contributed by atoms with van der Waals surface area (Å²) < 4.78 is 0. The predicted molar refractivity (Wildman–Crippen MR) is 115 cm³/mol. The van der Waals surface area contributed by atoms with Crippen molar-refractivity contribution in [3.05, 3.63) is 63.3 Å². The van der Waals surface area contributed by atoms with Crippen molar-refractivity contribution in [2.45, 2.75) is 46.1 Å². The lowest BCUT2D eigenvalue weighted by molar-refractivity contribution is -0.121.